The molecule has 3 unspecified atom stereocenters. The van der Waals surface area contributed by atoms with Crippen molar-refractivity contribution >= 4 is 0 Å². The van der Waals surface area contributed by atoms with Gasteiger partial charge in [-0.1, -0.05) is 6.92 Å². The first kappa shape index (κ1) is 12.3. The Morgan fingerprint density at radius 3 is 3.00 bits per heavy atom. The van der Waals surface area contributed by atoms with Crippen LogP contribution in [0, 0.1) is 5.92 Å². The van der Waals surface area contributed by atoms with Gasteiger partial charge in [-0.2, -0.15) is 0 Å². The van der Waals surface area contributed by atoms with E-state index < -0.39 is 0 Å². The van der Waals surface area contributed by atoms with Gasteiger partial charge in [0.05, 0.1) is 25.4 Å². The summed E-state index contributed by atoms with van der Waals surface area (Å²) in [7, 11) is 0. The molecule has 4 heteroatoms. The summed E-state index contributed by atoms with van der Waals surface area (Å²) in [5.74, 6) is 0.282. The maximum Gasteiger partial charge on any atom is 0.0700 e. The zero-order chi connectivity index (χ0) is 11.4. The van der Waals surface area contributed by atoms with Gasteiger partial charge in [0.25, 0.3) is 0 Å². The highest BCUT2D eigenvalue weighted by molar-refractivity contribution is 4.79. The molecule has 2 heterocycles. The van der Waals surface area contributed by atoms with Crippen molar-refractivity contribution in [1.29, 1.82) is 0 Å². The summed E-state index contributed by atoms with van der Waals surface area (Å²) < 4.78 is 11.1. The number of morpholine rings is 1. The second-order valence-electron chi connectivity index (χ2n) is 4.85. The van der Waals surface area contributed by atoms with E-state index in [4.69, 9.17) is 9.47 Å². The summed E-state index contributed by atoms with van der Waals surface area (Å²) in [5, 5.41) is 9.88. The number of rotatable bonds is 3. The van der Waals surface area contributed by atoms with Gasteiger partial charge in [-0.05, 0) is 12.8 Å². The van der Waals surface area contributed by atoms with Crippen molar-refractivity contribution in [2.24, 2.45) is 5.92 Å². The van der Waals surface area contributed by atoms with Crippen molar-refractivity contribution < 1.29 is 14.6 Å². The highest BCUT2D eigenvalue weighted by Gasteiger charge is 2.28. The lowest BCUT2D eigenvalue weighted by molar-refractivity contribution is -0.0730. The summed E-state index contributed by atoms with van der Waals surface area (Å²) in [6.07, 6.45) is 2.04. The molecule has 94 valence electrons. The summed E-state index contributed by atoms with van der Waals surface area (Å²) in [5.41, 5.74) is 0. The third kappa shape index (κ3) is 3.17. The van der Waals surface area contributed by atoms with Crippen LogP contribution < -0.4 is 0 Å². The van der Waals surface area contributed by atoms with Crippen LogP contribution in [0.3, 0.4) is 0 Å². The van der Waals surface area contributed by atoms with E-state index >= 15 is 0 Å². The Balaban J connectivity index is 1.79. The van der Waals surface area contributed by atoms with E-state index in [1.807, 2.05) is 0 Å². The Labute approximate surface area is 97.5 Å². The molecular formula is C12H23NO3. The molecule has 0 amide bonds. The molecule has 2 fully saturated rings. The molecule has 0 aliphatic carbocycles. The normalized spacial score (nSPS) is 37.5. The van der Waals surface area contributed by atoms with Gasteiger partial charge in [0.15, 0.2) is 0 Å². The van der Waals surface area contributed by atoms with Crippen LogP contribution in [0.1, 0.15) is 19.8 Å². The number of nitrogens with zero attached hydrogens (tertiary/aromatic N) is 1. The first-order chi connectivity index (χ1) is 7.79. The monoisotopic (exact) mass is 229 g/mol. The molecule has 2 saturated heterocycles. The molecule has 0 aromatic rings. The van der Waals surface area contributed by atoms with E-state index in [9.17, 15) is 5.11 Å². The van der Waals surface area contributed by atoms with E-state index in [-0.39, 0.29) is 12.0 Å². The van der Waals surface area contributed by atoms with Crippen LogP contribution in [0.2, 0.25) is 0 Å². The van der Waals surface area contributed by atoms with Gasteiger partial charge < -0.3 is 14.6 Å². The smallest absolute Gasteiger partial charge is 0.0700 e. The van der Waals surface area contributed by atoms with E-state index in [2.05, 4.69) is 11.8 Å². The largest absolute Gasteiger partial charge is 0.393 e. The Bertz CT molecular complexity index is 212. The molecule has 4 nitrogen and oxygen atoms in total. The molecule has 0 saturated carbocycles. The summed E-state index contributed by atoms with van der Waals surface area (Å²) in [4.78, 5) is 2.40. The van der Waals surface area contributed by atoms with E-state index in [1.54, 1.807) is 0 Å². The van der Waals surface area contributed by atoms with Crippen molar-refractivity contribution in [3.8, 4) is 0 Å². The van der Waals surface area contributed by atoms with Crippen LogP contribution in [-0.4, -0.2) is 61.7 Å². The highest BCUT2D eigenvalue weighted by atomic mass is 16.5. The second-order valence-corrected chi connectivity index (χ2v) is 4.85. The minimum absolute atomic E-state index is 0.184. The number of hydrogen-bond donors (Lipinski definition) is 1. The minimum Gasteiger partial charge on any atom is -0.393 e. The van der Waals surface area contributed by atoms with E-state index in [0.717, 1.165) is 39.1 Å². The van der Waals surface area contributed by atoms with Gasteiger partial charge in [-0.15, -0.1) is 0 Å². The van der Waals surface area contributed by atoms with E-state index in [0.29, 0.717) is 19.3 Å². The summed E-state index contributed by atoms with van der Waals surface area (Å²) in [6.45, 7) is 7.32. The third-order valence-electron chi connectivity index (χ3n) is 3.60. The molecule has 3 atom stereocenters. The number of ether oxygens (including phenoxy) is 2. The molecule has 0 aromatic heterocycles. The van der Waals surface area contributed by atoms with Crippen molar-refractivity contribution in [3.05, 3.63) is 0 Å². The molecule has 16 heavy (non-hydrogen) atoms. The van der Waals surface area contributed by atoms with Gasteiger partial charge in [0.1, 0.15) is 0 Å². The molecule has 1 N–H and O–H groups in total. The standard InChI is InChI=1S/C12H23NO3/c1-2-11-8-13(4-6-16-11)7-10-9-15-5-3-12(10)14/h10-12,14H,2-9H2,1H3. The second kappa shape index (κ2) is 5.96. The molecular weight excluding hydrogens is 206 g/mol. The molecule has 0 bridgehead atoms. The lowest BCUT2D eigenvalue weighted by Gasteiger charge is -2.37. The Morgan fingerprint density at radius 1 is 1.38 bits per heavy atom. The van der Waals surface area contributed by atoms with Crippen LogP contribution in [-0.2, 0) is 9.47 Å². The highest BCUT2D eigenvalue weighted by Crippen LogP contribution is 2.18. The van der Waals surface area contributed by atoms with Crippen molar-refractivity contribution in [2.45, 2.75) is 32.0 Å². The van der Waals surface area contributed by atoms with Gasteiger partial charge in [0, 0.05) is 32.2 Å². The van der Waals surface area contributed by atoms with Crippen LogP contribution in [0.15, 0.2) is 0 Å². The van der Waals surface area contributed by atoms with Crippen molar-refractivity contribution in [2.75, 3.05) is 39.5 Å². The van der Waals surface area contributed by atoms with Crippen LogP contribution in [0.5, 0.6) is 0 Å². The quantitative estimate of drug-likeness (QED) is 0.765. The predicted molar refractivity (Wildman–Crippen MR) is 61.4 cm³/mol. The zero-order valence-corrected chi connectivity index (χ0v) is 10.1. The SMILES string of the molecule is CCC1CN(CC2COCCC2O)CCO1. The Kier molecular flexibility index (Phi) is 4.58. The molecule has 2 rings (SSSR count). The van der Waals surface area contributed by atoms with Crippen LogP contribution >= 0.6 is 0 Å². The molecule has 0 spiro atoms. The van der Waals surface area contributed by atoms with Crippen molar-refractivity contribution in [3.63, 3.8) is 0 Å². The maximum absolute atomic E-state index is 9.88. The molecule has 0 aromatic carbocycles. The Morgan fingerprint density at radius 2 is 2.25 bits per heavy atom. The summed E-state index contributed by atoms with van der Waals surface area (Å²) >= 11 is 0. The third-order valence-corrected chi connectivity index (χ3v) is 3.60. The fourth-order valence-corrected chi connectivity index (χ4v) is 2.48. The topological polar surface area (TPSA) is 41.9 Å². The van der Waals surface area contributed by atoms with Crippen LogP contribution in [0.4, 0.5) is 0 Å². The lowest BCUT2D eigenvalue weighted by atomic mass is 9.97. The zero-order valence-electron chi connectivity index (χ0n) is 10.1. The molecule has 2 aliphatic heterocycles. The average Bonchev–Trinajstić information content (AvgIpc) is 2.32. The first-order valence-electron chi connectivity index (χ1n) is 6.39. The number of hydrogen-bond acceptors (Lipinski definition) is 4. The number of aliphatic hydroxyl groups excluding tert-OH is 1. The summed E-state index contributed by atoms with van der Waals surface area (Å²) in [6, 6.07) is 0. The van der Waals surface area contributed by atoms with Gasteiger partial charge in [-0.25, -0.2) is 0 Å². The van der Waals surface area contributed by atoms with Crippen LogP contribution in [0.25, 0.3) is 0 Å². The molecule has 0 radical (unpaired) electrons. The maximum atomic E-state index is 9.88. The lowest BCUT2D eigenvalue weighted by Crippen LogP contribution is -2.47. The Hall–Kier alpha value is -0.160. The predicted octanol–water partition coefficient (Wildman–Crippen LogP) is 0.495. The van der Waals surface area contributed by atoms with Gasteiger partial charge in [-0.3, -0.25) is 4.90 Å². The fourth-order valence-electron chi connectivity index (χ4n) is 2.48. The fraction of sp³-hybridized carbons (Fsp3) is 1.00. The van der Waals surface area contributed by atoms with Crippen molar-refractivity contribution in [1.82, 2.24) is 4.90 Å². The average molecular weight is 229 g/mol. The van der Waals surface area contributed by atoms with Gasteiger partial charge >= 0.3 is 0 Å². The van der Waals surface area contributed by atoms with E-state index in [1.165, 1.54) is 0 Å². The first-order valence-corrected chi connectivity index (χ1v) is 6.39. The van der Waals surface area contributed by atoms with Gasteiger partial charge in [0.2, 0.25) is 0 Å². The number of aliphatic hydroxyl groups is 1. The molecule has 2 aliphatic rings. The minimum atomic E-state index is -0.184.